The Morgan fingerprint density at radius 3 is 2.06 bits per heavy atom. The zero-order valence-electron chi connectivity index (χ0n) is 11.4. The van der Waals surface area contributed by atoms with E-state index in [0.29, 0.717) is 12.1 Å². The molecule has 0 atom stereocenters. The van der Waals surface area contributed by atoms with Crippen LogP contribution in [-0.4, -0.2) is 47.9 Å². The molecule has 0 N–H and O–H groups in total. The lowest BCUT2D eigenvalue weighted by atomic mass is 10.2. The molecule has 0 aromatic carbocycles. The van der Waals surface area contributed by atoms with Gasteiger partial charge >= 0.3 is 0 Å². The molecule has 0 unspecified atom stereocenters. The monoisotopic (exact) mass is 226 g/mol. The van der Waals surface area contributed by atoms with Crippen molar-refractivity contribution in [1.82, 2.24) is 9.80 Å². The van der Waals surface area contributed by atoms with E-state index in [1.54, 1.807) is 4.90 Å². The molecule has 0 spiro atoms. The van der Waals surface area contributed by atoms with E-state index in [-0.39, 0.29) is 5.91 Å². The summed E-state index contributed by atoms with van der Waals surface area (Å²) in [5.41, 5.74) is 0. The van der Waals surface area contributed by atoms with Gasteiger partial charge in [-0.1, -0.05) is 6.58 Å². The van der Waals surface area contributed by atoms with Gasteiger partial charge in [0.25, 0.3) is 0 Å². The van der Waals surface area contributed by atoms with Crippen molar-refractivity contribution in [3.05, 3.63) is 12.7 Å². The quantitative estimate of drug-likeness (QED) is 0.621. The van der Waals surface area contributed by atoms with Gasteiger partial charge in [0.15, 0.2) is 0 Å². The van der Waals surface area contributed by atoms with Crippen LogP contribution in [0.3, 0.4) is 0 Å². The first-order valence-corrected chi connectivity index (χ1v) is 6.03. The Morgan fingerprint density at radius 1 is 1.19 bits per heavy atom. The molecule has 94 valence electrons. The van der Waals surface area contributed by atoms with E-state index in [0.717, 1.165) is 19.5 Å². The van der Waals surface area contributed by atoms with Gasteiger partial charge in [-0.15, -0.1) is 0 Å². The van der Waals surface area contributed by atoms with Crippen LogP contribution in [-0.2, 0) is 4.79 Å². The molecule has 0 heterocycles. The van der Waals surface area contributed by atoms with Crippen molar-refractivity contribution in [2.45, 2.75) is 46.2 Å². The highest BCUT2D eigenvalue weighted by molar-refractivity contribution is 5.86. The number of carbonyl (C=O) groups is 1. The lowest BCUT2D eigenvalue weighted by Crippen LogP contribution is -2.39. The average Bonchev–Trinajstić information content (AvgIpc) is 2.21. The maximum absolute atomic E-state index is 11.2. The second kappa shape index (κ2) is 7.44. The lowest BCUT2D eigenvalue weighted by Gasteiger charge is -2.31. The molecule has 0 radical (unpaired) electrons. The summed E-state index contributed by atoms with van der Waals surface area (Å²) in [6, 6.07) is 1.11. The maximum atomic E-state index is 11.2. The van der Waals surface area contributed by atoms with Crippen LogP contribution in [0.5, 0.6) is 0 Å². The van der Waals surface area contributed by atoms with Crippen molar-refractivity contribution in [3.8, 4) is 0 Å². The number of carbonyl (C=O) groups excluding carboxylic acids is 1. The van der Waals surface area contributed by atoms with Crippen molar-refractivity contribution >= 4 is 5.91 Å². The van der Waals surface area contributed by atoms with Crippen LogP contribution >= 0.6 is 0 Å². The van der Waals surface area contributed by atoms with Crippen LogP contribution in [0.4, 0.5) is 0 Å². The fourth-order valence-corrected chi connectivity index (χ4v) is 1.87. The molecule has 0 fully saturated rings. The van der Waals surface area contributed by atoms with Crippen LogP contribution in [0, 0.1) is 0 Å². The topological polar surface area (TPSA) is 23.6 Å². The predicted octanol–water partition coefficient (Wildman–Crippen LogP) is 2.14. The van der Waals surface area contributed by atoms with E-state index in [1.165, 1.54) is 6.08 Å². The minimum absolute atomic E-state index is 0.000596. The third-order valence-corrected chi connectivity index (χ3v) is 2.79. The van der Waals surface area contributed by atoms with Crippen LogP contribution in [0.15, 0.2) is 12.7 Å². The van der Waals surface area contributed by atoms with Gasteiger partial charge in [-0.3, -0.25) is 9.69 Å². The Hall–Kier alpha value is -0.830. The van der Waals surface area contributed by atoms with Gasteiger partial charge in [0, 0.05) is 32.2 Å². The number of likely N-dealkylation sites (N-methyl/N-ethyl adjacent to an activating group) is 1. The highest BCUT2D eigenvalue weighted by atomic mass is 16.2. The fourth-order valence-electron chi connectivity index (χ4n) is 1.87. The highest BCUT2D eigenvalue weighted by Crippen LogP contribution is 2.06. The summed E-state index contributed by atoms with van der Waals surface area (Å²) >= 11 is 0. The second-order valence-electron chi connectivity index (χ2n) is 4.74. The molecule has 0 aliphatic rings. The molecule has 3 nitrogen and oxygen atoms in total. The molecule has 0 aliphatic heterocycles. The Labute approximate surface area is 100 Å². The third kappa shape index (κ3) is 5.31. The van der Waals surface area contributed by atoms with Gasteiger partial charge in [0.2, 0.25) is 5.91 Å². The predicted molar refractivity (Wildman–Crippen MR) is 69.4 cm³/mol. The molecule has 0 aliphatic carbocycles. The summed E-state index contributed by atoms with van der Waals surface area (Å²) in [4.78, 5) is 15.4. The van der Waals surface area contributed by atoms with Crippen molar-refractivity contribution in [2.24, 2.45) is 0 Å². The summed E-state index contributed by atoms with van der Waals surface area (Å²) < 4.78 is 0. The summed E-state index contributed by atoms with van der Waals surface area (Å²) in [5, 5.41) is 0. The van der Waals surface area contributed by atoms with E-state index in [4.69, 9.17) is 0 Å². The minimum Gasteiger partial charge on any atom is -0.342 e. The number of hydrogen-bond donors (Lipinski definition) is 0. The summed E-state index contributed by atoms with van der Waals surface area (Å²) in [6.07, 6.45) is 2.37. The maximum Gasteiger partial charge on any atom is 0.245 e. The summed E-state index contributed by atoms with van der Waals surface area (Å²) in [7, 11) is 1.82. The van der Waals surface area contributed by atoms with E-state index in [2.05, 4.69) is 39.2 Å². The van der Waals surface area contributed by atoms with Gasteiger partial charge in [-0.05, 0) is 40.2 Å². The van der Waals surface area contributed by atoms with Gasteiger partial charge in [-0.25, -0.2) is 0 Å². The molecule has 0 saturated carbocycles. The van der Waals surface area contributed by atoms with E-state index < -0.39 is 0 Å². The number of hydrogen-bond acceptors (Lipinski definition) is 2. The van der Waals surface area contributed by atoms with Crippen LogP contribution in [0.2, 0.25) is 0 Å². The van der Waals surface area contributed by atoms with Crippen LogP contribution in [0.1, 0.15) is 34.1 Å². The number of rotatable bonds is 7. The largest absolute Gasteiger partial charge is 0.342 e. The lowest BCUT2D eigenvalue weighted by molar-refractivity contribution is -0.124. The zero-order chi connectivity index (χ0) is 12.7. The smallest absolute Gasteiger partial charge is 0.245 e. The van der Waals surface area contributed by atoms with E-state index in [1.807, 2.05) is 7.05 Å². The second-order valence-corrected chi connectivity index (χ2v) is 4.74. The molecule has 1 amide bonds. The Balaban J connectivity index is 3.95. The highest BCUT2D eigenvalue weighted by Gasteiger charge is 2.13. The Morgan fingerprint density at radius 2 is 1.69 bits per heavy atom. The first kappa shape index (κ1) is 15.2. The first-order chi connectivity index (χ1) is 7.40. The Kier molecular flexibility index (Phi) is 7.06. The van der Waals surface area contributed by atoms with Gasteiger partial charge in [0.05, 0.1) is 0 Å². The minimum atomic E-state index is 0.000596. The van der Waals surface area contributed by atoms with Gasteiger partial charge < -0.3 is 4.90 Å². The van der Waals surface area contributed by atoms with Gasteiger partial charge in [0.1, 0.15) is 0 Å². The van der Waals surface area contributed by atoms with E-state index in [9.17, 15) is 4.79 Å². The molecule has 0 rings (SSSR count). The van der Waals surface area contributed by atoms with Crippen LogP contribution < -0.4 is 0 Å². The molecule has 0 aromatic heterocycles. The number of amides is 1. The van der Waals surface area contributed by atoms with Gasteiger partial charge in [-0.2, -0.15) is 0 Å². The van der Waals surface area contributed by atoms with Crippen molar-refractivity contribution in [2.75, 3.05) is 20.1 Å². The first-order valence-electron chi connectivity index (χ1n) is 6.03. The van der Waals surface area contributed by atoms with E-state index >= 15 is 0 Å². The summed E-state index contributed by atoms with van der Waals surface area (Å²) in [6.45, 7) is 14.1. The standard InChI is InChI=1S/C13H26N2O/c1-7-13(16)14(6)9-8-10-15(11(2)3)12(4)5/h7,11-12H,1,8-10H2,2-6H3. The third-order valence-electron chi connectivity index (χ3n) is 2.79. The molecule has 3 heteroatoms. The molecular weight excluding hydrogens is 200 g/mol. The molecule has 0 saturated heterocycles. The molecule has 0 aromatic rings. The SMILES string of the molecule is C=CC(=O)N(C)CCCN(C(C)C)C(C)C. The van der Waals surface area contributed by atoms with Crippen molar-refractivity contribution in [1.29, 1.82) is 0 Å². The van der Waals surface area contributed by atoms with Crippen molar-refractivity contribution < 1.29 is 4.79 Å². The zero-order valence-corrected chi connectivity index (χ0v) is 11.4. The van der Waals surface area contributed by atoms with Crippen LogP contribution in [0.25, 0.3) is 0 Å². The molecule has 16 heavy (non-hydrogen) atoms. The number of nitrogens with zero attached hydrogens (tertiary/aromatic N) is 2. The molecule has 0 bridgehead atoms. The fraction of sp³-hybridized carbons (Fsp3) is 0.769. The Bertz CT molecular complexity index is 216. The normalized spacial score (nSPS) is 11.2. The summed E-state index contributed by atoms with van der Waals surface area (Å²) in [5.74, 6) is 0.000596. The van der Waals surface area contributed by atoms with Crippen molar-refractivity contribution in [3.63, 3.8) is 0 Å². The average molecular weight is 226 g/mol. The molecular formula is C13H26N2O.